The Morgan fingerprint density at radius 1 is 1.14 bits per heavy atom. The number of piperidine rings is 1. The van der Waals surface area contributed by atoms with Crippen molar-refractivity contribution in [3.8, 4) is 0 Å². The van der Waals surface area contributed by atoms with Gasteiger partial charge in [-0.15, -0.1) is 12.4 Å². The molecule has 1 saturated carbocycles. The molecule has 0 aromatic heterocycles. The number of nitrogens with one attached hydrogen (secondary N) is 3. The molecule has 0 aromatic carbocycles. The molecule has 2 amide bonds. The second kappa shape index (κ2) is 10.1. The van der Waals surface area contributed by atoms with Crippen LogP contribution in [0.15, 0.2) is 0 Å². The Kier molecular flexibility index (Phi) is 8.79. The maximum Gasteiger partial charge on any atom is 0.223 e. The zero-order valence-electron chi connectivity index (χ0n) is 13.5. The maximum absolute atomic E-state index is 12.1. The molecule has 0 radical (unpaired) electrons. The number of halogens is 1. The Morgan fingerprint density at radius 2 is 1.86 bits per heavy atom. The minimum Gasteiger partial charge on any atom is -0.353 e. The van der Waals surface area contributed by atoms with Gasteiger partial charge in [-0.2, -0.15) is 0 Å². The third-order valence-electron chi connectivity index (χ3n) is 4.52. The Morgan fingerprint density at radius 3 is 2.50 bits per heavy atom. The van der Waals surface area contributed by atoms with Gasteiger partial charge in [0, 0.05) is 31.0 Å². The first kappa shape index (κ1) is 19.2. The molecular formula is C16H30ClN3O2. The smallest absolute Gasteiger partial charge is 0.223 e. The van der Waals surface area contributed by atoms with E-state index in [1.54, 1.807) is 0 Å². The summed E-state index contributed by atoms with van der Waals surface area (Å²) in [6, 6.07) is 0.156. The van der Waals surface area contributed by atoms with Crippen molar-refractivity contribution in [3.63, 3.8) is 0 Å². The zero-order valence-corrected chi connectivity index (χ0v) is 14.3. The molecule has 128 valence electrons. The van der Waals surface area contributed by atoms with Crippen LogP contribution in [0, 0.1) is 5.92 Å². The second-order valence-corrected chi connectivity index (χ2v) is 6.56. The molecule has 6 heteroatoms. The highest BCUT2D eigenvalue weighted by Crippen LogP contribution is 2.23. The minimum atomic E-state index is -0.0871. The number of carbonyl (C=O) groups is 2. The zero-order chi connectivity index (χ0) is 15.1. The molecule has 1 aliphatic carbocycles. The number of amides is 2. The topological polar surface area (TPSA) is 70.2 Å². The van der Waals surface area contributed by atoms with Gasteiger partial charge in [0.1, 0.15) is 0 Å². The summed E-state index contributed by atoms with van der Waals surface area (Å²) in [5, 5.41) is 9.34. The van der Waals surface area contributed by atoms with E-state index in [1.807, 2.05) is 6.92 Å². The predicted molar refractivity (Wildman–Crippen MR) is 90.1 cm³/mol. The van der Waals surface area contributed by atoms with E-state index in [9.17, 15) is 9.59 Å². The van der Waals surface area contributed by atoms with Crippen LogP contribution in [0.4, 0.5) is 0 Å². The molecule has 0 bridgehead atoms. The van der Waals surface area contributed by atoms with Crippen LogP contribution in [0.25, 0.3) is 0 Å². The number of rotatable bonds is 5. The molecule has 0 aromatic rings. The lowest BCUT2D eigenvalue weighted by Gasteiger charge is -2.25. The van der Waals surface area contributed by atoms with Gasteiger partial charge in [0.05, 0.1) is 0 Å². The summed E-state index contributed by atoms with van der Waals surface area (Å²) in [5.41, 5.74) is 0. The van der Waals surface area contributed by atoms with Crippen LogP contribution in [-0.4, -0.2) is 37.0 Å². The predicted octanol–water partition coefficient (Wildman–Crippen LogP) is 1.75. The van der Waals surface area contributed by atoms with Crippen LogP contribution in [0.1, 0.15) is 58.3 Å². The summed E-state index contributed by atoms with van der Waals surface area (Å²) in [6.07, 6.45) is 8.08. The fourth-order valence-electron chi connectivity index (χ4n) is 3.32. The Labute approximate surface area is 139 Å². The third kappa shape index (κ3) is 6.53. The van der Waals surface area contributed by atoms with E-state index in [0.717, 1.165) is 51.6 Å². The number of carbonyl (C=O) groups excluding carboxylic acids is 2. The summed E-state index contributed by atoms with van der Waals surface area (Å²) >= 11 is 0. The van der Waals surface area contributed by atoms with Gasteiger partial charge in [-0.05, 0) is 39.2 Å². The summed E-state index contributed by atoms with van der Waals surface area (Å²) in [6.45, 7) is 3.81. The van der Waals surface area contributed by atoms with Crippen molar-refractivity contribution in [1.82, 2.24) is 16.0 Å². The Balaban J connectivity index is 0.00000242. The third-order valence-corrected chi connectivity index (χ3v) is 4.52. The average molecular weight is 332 g/mol. The highest BCUT2D eigenvalue weighted by atomic mass is 35.5. The molecule has 1 saturated heterocycles. The lowest BCUT2D eigenvalue weighted by atomic mass is 9.88. The van der Waals surface area contributed by atoms with Crippen LogP contribution in [-0.2, 0) is 9.59 Å². The average Bonchev–Trinajstić information content (AvgIpc) is 2.48. The number of hydrogen-bond acceptors (Lipinski definition) is 3. The van der Waals surface area contributed by atoms with Gasteiger partial charge < -0.3 is 16.0 Å². The maximum atomic E-state index is 12.1. The highest BCUT2D eigenvalue weighted by molar-refractivity contribution is 5.85. The van der Waals surface area contributed by atoms with E-state index in [2.05, 4.69) is 16.0 Å². The SMILES string of the molecule is CC(CC(=O)N[C@H]1CCCNC1)NC(=O)C1CCCCC1.Cl. The fraction of sp³-hybridized carbons (Fsp3) is 0.875. The first-order valence-corrected chi connectivity index (χ1v) is 8.45. The molecule has 1 aliphatic heterocycles. The van der Waals surface area contributed by atoms with Gasteiger partial charge in [0.2, 0.25) is 11.8 Å². The summed E-state index contributed by atoms with van der Waals surface area (Å²) < 4.78 is 0. The van der Waals surface area contributed by atoms with Crippen molar-refractivity contribution in [2.45, 2.75) is 70.4 Å². The van der Waals surface area contributed by atoms with E-state index in [4.69, 9.17) is 0 Å². The van der Waals surface area contributed by atoms with Crippen LogP contribution in [0.5, 0.6) is 0 Å². The summed E-state index contributed by atoms with van der Waals surface area (Å²) in [7, 11) is 0. The van der Waals surface area contributed by atoms with Crippen LogP contribution < -0.4 is 16.0 Å². The number of hydrogen-bond donors (Lipinski definition) is 3. The van der Waals surface area contributed by atoms with Crippen LogP contribution >= 0.6 is 12.4 Å². The molecular weight excluding hydrogens is 302 g/mol. The highest BCUT2D eigenvalue weighted by Gasteiger charge is 2.23. The van der Waals surface area contributed by atoms with Crippen molar-refractivity contribution < 1.29 is 9.59 Å². The largest absolute Gasteiger partial charge is 0.353 e. The molecule has 2 rings (SSSR count). The van der Waals surface area contributed by atoms with E-state index in [1.165, 1.54) is 6.42 Å². The van der Waals surface area contributed by atoms with Crippen molar-refractivity contribution in [1.29, 1.82) is 0 Å². The lowest BCUT2D eigenvalue weighted by Crippen LogP contribution is -2.47. The molecule has 1 unspecified atom stereocenters. The van der Waals surface area contributed by atoms with Gasteiger partial charge in [-0.25, -0.2) is 0 Å². The van der Waals surface area contributed by atoms with E-state index >= 15 is 0 Å². The molecule has 22 heavy (non-hydrogen) atoms. The second-order valence-electron chi connectivity index (χ2n) is 6.56. The van der Waals surface area contributed by atoms with Gasteiger partial charge in [0.15, 0.2) is 0 Å². The minimum absolute atomic E-state index is 0. The summed E-state index contributed by atoms with van der Waals surface area (Å²) in [4.78, 5) is 24.1. The Bertz CT molecular complexity index is 353. The normalized spacial score (nSPS) is 24.0. The first-order chi connectivity index (χ1) is 10.1. The van der Waals surface area contributed by atoms with Gasteiger partial charge in [-0.3, -0.25) is 9.59 Å². The lowest BCUT2D eigenvalue weighted by molar-refractivity contribution is -0.127. The molecule has 5 nitrogen and oxygen atoms in total. The van der Waals surface area contributed by atoms with Crippen LogP contribution in [0.2, 0.25) is 0 Å². The first-order valence-electron chi connectivity index (χ1n) is 8.45. The van der Waals surface area contributed by atoms with Gasteiger partial charge >= 0.3 is 0 Å². The van der Waals surface area contributed by atoms with Crippen molar-refractivity contribution in [2.75, 3.05) is 13.1 Å². The van der Waals surface area contributed by atoms with Crippen molar-refractivity contribution >= 4 is 24.2 Å². The molecule has 1 heterocycles. The molecule has 0 spiro atoms. The fourth-order valence-corrected chi connectivity index (χ4v) is 3.32. The molecule has 3 N–H and O–H groups in total. The van der Waals surface area contributed by atoms with E-state index < -0.39 is 0 Å². The van der Waals surface area contributed by atoms with Gasteiger partial charge in [0.25, 0.3) is 0 Å². The van der Waals surface area contributed by atoms with E-state index in [0.29, 0.717) is 6.42 Å². The Hall–Kier alpha value is -0.810. The van der Waals surface area contributed by atoms with Crippen molar-refractivity contribution in [2.24, 2.45) is 5.92 Å². The van der Waals surface area contributed by atoms with Crippen molar-refractivity contribution in [3.05, 3.63) is 0 Å². The van der Waals surface area contributed by atoms with E-state index in [-0.39, 0.29) is 42.2 Å². The molecule has 2 atom stereocenters. The van der Waals surface area contributed by atoms with Gasteiger partial charge in [-0.1, -0.05) is 19.3 Å². The van der Waals surface area contributed by atoms with Crippen LogP contribution in [0.3, 0.4) is 0 Å². The molecule has 2 fully saturated rings. The summed E-state index contributed by atoms with van der Waals surface area (Å²) in [5.74, 6) is 0.335. The molecule has 2 aliphatic rings. The standard InChI is InChI=1S/C16H29N3O2.ClH/c1-12(18-16(21)13-6-3-2-4-7-13)10-15(20)19-14-8-5-9-17-11-14;/h12-14,17H,2-11H2,1H3,(H,18,21)(H,19,20);1H/t12?,14-;/m0./s1. The quantitative estimate of drug-likeness (QED) is 0.719. The monoisotopic (exact) mass is 331 g/mol.